The molecule has 1 N–H and O–H groups in total. The van der Waals surface area contributed by atoms with Gasteiger partial charge in [0.15, 0.2) is 0 Å². The molecule has 4 nitrogen and oxygen atoms in total. The zero-order valence-corrected chi connectivity index (χ0v) is 14.8. The van der Waals surface area contributed by atoms with Crippen molar-refractivity contribution in [3.05, 3.63) is 53.7 Å². The predicted octanol–water partition coefficient (Wildman–Crippen LogP) is 4.24. The van der Waals surface area contributed by atoms with Crippen LogP contribution in [-0.4, -0.2) is 33.0 Å². The Morgan fingerprint density at radius 1 is 1.04 bits per heavy atom. The fraction of sp³-hybridized carbons (Fsp3) is 0.176. The molecular formula is C17H17N3OS2. The normalized spacial score (nSPS) is 12.0. The first-order chi connectivity index (χ1) is 11.2. The van der Waals surface area contributed by atoms with E-state index in [2.05, 4.69) is 20.8 Å². The number of thioether (sulfide) groups is 2. The molecule has 1 aromatic carbocycles. The maximum Gasteiger partial charge on any atom is 0.117 e. The smallest absolute Gasteiger partial charge is 0.117 e. The van der Waals surface area contributed by atoms with Gasteiger partial charge >= 0.3 is 0 Å². The third kappa shape index (κ3) is 3.09. The fourth-order valence-electron chi connectivity index (χ4n) is 2.54. The van der Waals surface area contributed by atoms with E-state index in [4.69, 9.17) is 0 Å². The van der Waals surface area contributed by atoms with E-state index in [0.717, 1.165) is 32.1 Å². The molecule has 118 valence electrons. The van der Waals surface area contributed by atoms with Gasteiger partial charge in [-0.1, -0.05) is 11.2 Å². The third-order valence-electron chi connectivity index (χ3n) is 3.73. The molecule has 0 saturated carbocycles. The molecule has 0 fully saturated rings. The average molecular weight is 343 g/mol. The van der Waals surface area contributed by atoms with Gasteiger partial charge in [0.25, 0.3) is 0 Å². The number of rotatable bonds is 4. The SMILES string of the molecule is CSc1cc(/C(=N/O)c2ccc3c(ccn3C)c2)cc(SC)n1. The Bertz CT molecular complexity index is 864. The predicted molar refractivity (Wildman–Crippen MR) is 98.1 cm³/mol. The van der Waals surface area contributed by atoms with Gasteiger partial charge in [0.2, 0.25) is 0 Å². The second-order valence-corrected chi connectivity index (χ2v) is 6.74. The van der Waals surface area contributed by atoms with Crippen LogP contribution in [-0.2, 0) is 7.05 Å². The van der Waals surface area contributed by atoms with Gasteiger partial charge in [-0.05, 0) is 42.8 Å². The molecule has 0 amide bonds. The molecule has 0 saturated heterocycles. The second-order valence-electron chi connectivity index (χ2n) is 5.09. The highest BCUT2D eigenvalue weighted by Crippen LogP contribution is 2.24. The van der Waals surface area contributed by atoms with Crippen LogP contribution in [0.15, 0.2) is 57.8 Å². The lowest BCUT2D eigenvalue weighted by molar-refractivity contribution is 0.319. The monoisotopic (exact) mass is 343 g/mol. The Kier molecular flexibility index (Phi) is 4.63. The minimum absolute atomic E-state index is 0.559. The molecule has 0 spiro atoms. The molecule has 0 radical (unpaired) electrons. The summed E-state index contributed by atoms with van der Waals surface area (Å²) in [4.78, 5) is 4.52. The molecule has 0 bridgehead atoms. The molecule has 0 unspecified atom stereocenters. The molecule has 0 aliphatic rings. The number of pyridine rings is 1. The summed E-state index contributed by atoms with van der Waals surface area (Å²) in [5.74, 6) is 0. The van der Waals surface area contributed by atoms with E-state index in [1.54, 1.807) is 23.5 Å². The summed E-state index contributed by atoms with van der Waals surface area (Å²) in [6, 6.07) is 12.0. The Hall–Kier alpha value is -1.92. The number of hydrogen-bond acceptors (Lipinski definition) is 5. The first-order valence-electron chi connectivity index (χ1n) is 7.04. The van der Waals surface area contributed by atoms with Gasteiger partial charge < -0.3 is 9.77 Å². The molecule has 6 heteroatoms. The molecule has 23 heavy (non-hydrogen) atoms. The Morgan fingerprint density at radius 2 is 1.74 bits per heavy atom. The number of aryl methyl sites for hydroxylation is 1. The number of oxime groups is 1. The summed E-state index contributed by atoms with van der Waals surface area (Å²) < 4.78 is 2.07. The van der Waals surface area contributed by atoms with Crippen molar-refractivity contribution < 1.29 is 5.21 Å². The number of benzene rings is 1. The van der Waals surface area contributed by atoms with Gasteiger partial charge in [0, 0.05) is 35.3 Å². The number of fused-ring (bicyclic) bond motifs is 1. The maximum absolute atomic E-state index is 9.59. The number of aromatic nitrogens is 2. The van der Waals surface area contributed by atoms with Crippen molar-refractivity contribution in [1.29, 1.82) is 0 Å². The van der Waals surface area contributed by atoms with Crippen LogP contribution >= 0.6 is 23.5 Å². The van der Waals surface area contributed by atoms with Gasteiger partial charge in [0.05, 0.1) is 10.1 Å². The van der Waals surface area contributed by atoms with Gasteiger partial charge in [-0.3, -0.25) is 0 Å². The van der Waals surface area contributed by atoms with Crippen LogP contribution in [0.4, 0.5) is 0 Å². The first kappa shape index (κ1) is 16.0. The van der Waals surface area contributed by atoms with Crippen molar-refractivity contribution in [3.8, 4) is 0 Å². The third-order valence-corrected chi connectivity index (χ3v) is 4.98. The lowest BCUT2D eigenvalue weighted by Gasteiger charge is -2.09. The molecule has 0 aliphatic carbocycles. The maximum atomic E-state index is 9.59. The van der Waals surface area contributed by atoms with Gasteiger partial charge in [-0.15, -0.1) is 23.5 Å². The van der Waals surface area contributed by atoms with Crippen LogP contribution < -0.4 is 0 Å². The van der Waals surface area contributed by atoms with E-state index >= 15 is 0 Å². The van der Waals surface area contributed by atoms with Crippen molar-refractivity contribution in [2.45, 2.75) is 10.1 Å². The van der Waals surface area contributed by atoms with Crippen molar-refractivity contribution in [2.24, 2.45) is 12.2 Å². The topological polar surface area (TPSA) is 50.4 Å². The fourth-order valence-corrected chi connectivity index (χ4v) is 3.46. The molecular weight excluding hydrogens is 326 g/mol. The summed E-state index contributed by atoms with van der Waals surface area (Å²) in [7, 11) is 2.02. The lowest BCUT2D eigenvalue weighted by Crippen LogP contribution is -2.05. The Morgan fingerprint density at radius 3 is 2.35 bits per heavy atom. The van der Waals surface area contributed by atoms with E-state index in [0.29, 0.717) is 5.71 Å². The molecule has 3 aromatic rings. The largest absolute Gasteiger partial charge is 0.410 e. The van der Waals surface area contributed by atoms with Crippen LogP contribution in [0.5, 0.6) is 0 Å². The number of nitrogens with zero attached hydrogens (tertiary/aromatic N) is 3. The van der Waals surface area contributed by atoms with Crippen LogP contribution in [0.25, 0.3) is 10.9 Å². The average Bonchev–Trinajstić information content (AvgIpc) is 2.96. The van der Waals surface area contributed by atoms with Crippen LogP contribution in [0, 0.1) is 0 Å². The summed E-state index contributed by atoms with van der Waals surface area (Å²) in [6.07, 6.45) is 6.00. The van der Waals surface area contributed by atoms with E-state index in [1.165, 1.54) is 0 Å². The minimum atomic E-state index is 0.559. The van der Waals surface area contributed by atoms with E-state index in [1.807, 2.05) is 56.1 Å². The molecule has 2 aromatic heterocycles. The lowest BCUT2D eigenvalue weighted by atomic mass is 10.0. The second kappa shape index (κ2) is 6.68. The molecule has 2 heterocycles. The van der Waals surface area contributed by atoms with Gasteiger partial charge in [0.1, 0.15) is 5.71 Å². The molecule has 0 aliphatic heterocycles. The highest BCUT2D eigenvalue weighted by molar-refractivity contribution is 7.99. The summed E-state index contributed by atoms with van der Waals surface area (Å²) in [5, 5.41) is 16.1. The highest BCUT2D eigenvalue weighted by atomic mass is 32.2. The summed E-state index contributed by atoms with van der Waals surface area (Å²) in [5.41, 5.74) is 3.46. The molecule has 3 rings (SSSR count). The van der Waals surface area contributed by atoms with Crippen LogP contribution in [0.2, 0.25) is 0 Å². The Labute approximate surface area is 143 Å². The minimum Gasteiger partial charge on any atom is -0.410 e. The first-order valence-corrected chi connectivity index (χ1v) is 9.49. The zero-order valence-electron chi connectivity index (χ0n) is 13.1. The quantitative estimate of drug-likeness (QED) is 0.333. The van der Waals surface area contributed by atoms with Crippen molar-refractivity contribution in [1.82, 2.24) is 9.55 Å². The van der Waals surface area contributed by atoms with E-state index in [9.17, 15) is 5.21 Å². The van der Waals surface area contributed by atoms with Crippen molar-refractivity contribution in [2.75, 3.05) is 12.5 Å². The van der Waals surface area contributed by atoms with E-state index < -0.39 is 0 Å². The van der Waals surface area contributed by atoms with E-state index in [-0.39, 0.29) is 0 Å². The number of hydrogen-bond donors (Lipinski definition) is 1. The Balaban J connectivity index is 2.11. The highest BCUT2D eigenvalue weighted by Gasteiger charge is 2.12. The molecule has 0 atom stereocenters. The van der Waals surface area contributed by atoms with Crippen molar-refractivity contribution in [3.63, 3.8) is 0 Å². The summed E-state index contributed by atoms with van der Waals surface area (Å²) in [6.45, 7) is 0. The van der Waals surface area contributed by atoms with Crippen LogP contribution in [0.3, 0.4) is 0 Å². The van der Waals surface area contributed by atoms with Gasteiger partial charge in [-0.2, -0.15) is 0 Å². The standard InChI is InChI=1S/C17H17N3OS2/c1-20-7-6-11-8-12(4-5-14(11)20)17(19-21)13-9-15(22-2)18-16(10-13)23-3/h4-10,21H,1-3H3/b19-17+. The summed E-state index contributed by atoms with van der Waals surface area (Å²) >= 11 is 3.15. The van der Waals surface area contributed by atoms with Crippen molar-refractivity contribution >= 4 is 40.1 Å². The van der Waals surface area contributed by atoms with Crippen LogP contribution in [0.1, 0.15) is 11.1 Å². The zero-order chi connectivity index (χ0) is 16.4. The van der Waals surface area contributed by atoms with Gasteiger partial charge in [-0.25, -0.2) is 4.98 Å².